The van der Waals surface area contributed by atoms with Crippen molar-refractivity contribution in [1.29, 1.82) is 0 Å². The number of guanidine groups is 1. The van der Waals surface area contributed by atoms with Crippen molar-refractivity contribution in [3.8, 4) is 17.2 Å². The van der Waals surface area contributed by atoms with E-state index in [0.29, 0.717) is 19.2 Å². The van der Waals surface area contributed by atoms with Crippen LogP contribution in [0.1, 0.15) is 25.8 Å². The van der Waals surface area contributed by atoms with Gasteiger partial charge in [-0.05, 0) is 50.1 Å². The molecule has 176 valence electrons. The third-order valence-electron chi connectivity index (χ3n) is 5.25. The van der Waals surface area contributed by atoms with Gasteiger partial charge in [-0.3, -0.25) is 0 Å². The SMILES string of the molecule is CCNC(=NCc1ccc(OC)c(OCC)c1)NC1CCN(c2ccccc2OC)C1.I. The second kappa shape index (κ2) is 13.2. The largest absolute Gasteiger partial charge is 0.495 e. The van der Waals surface area contributed by atoms with E-state index in [9.17, 15) is 0 Å². The first kappa shape index (κ1) is 25.9. The zero-order valence-electron chi connectivity index (χ0n) is 19.4. The average Bonchev–Trinajstić information content (AvgIpc) is 3.26. The predicted molar refractivity (Wildman–Crippen MR) is 141 cm³/mol. The Balaban J connectivity index is 0.00000363. The van der Waals surface area contributed by atoms with E-state index in [0.717, 1.165) is 60.5 Å². The van der Waals surface area contributed by atoms with E-state index in [4.69, 9.17) is 19.2 Å². The van der Waals surface area contributed by atoms with Gasteiger partial charge in [0.05, 0.1) is 33.1 Å². The molecule has 2 aromatic carbocycles. The van der Waals surface area contributed by atoms with Crippen LogP contribution in [0.5, 0.6) is 17.2 Å². The van der Waals surface area contributed by atoms with Crippen LogP contribution in [-0.2, 0) is 6.54 Å². The van der Waals surface area contributed by atoms with E-state index >= 15 is 0 Å². The van der Waals surface area contributed by atoms with Crippen LogP contribution >= 0.6 is 24.0 Å². The highest BCUT2D eigenvalue weighted by Gasteiger charge is 2.25. The molecule has 8 heteroatoms. The van der Waals surface area contributed by atoms with Crippen LogP contribution < -0.4 is 29.7 Å². The Kier molecular flexibility index (Phi) is 10.7. The summed E-state index contributed by atoms with van der Waals surface area (Å²) in [6.45, 7) is 7.89. The fourth-order valence-electron chi connectivity index (χ4n) is 3.76. The van der Waals surface area contributed by atoms with E-state index in [1.165, 1.54) is 0 Å². The number of nitrogens with zero attached hydrogens (tertiary/aromatic N) is 2. The third-order valence-corrected chi connectivity index (χ3v) is 5.25. The van der Waals surface area contributed by atoms with Gasteiger partial charge >= 0.3 is 0 Å². The first-order valence-corrected chi connectivity index (χ1v) is 10.9. The fraction of sp³-hybridized carbons (Fsp3) is 0.458. The molecule has 0 aliphatic carbocycles. The molecule has 0 spiro atoms. The second-order valence-electron chi connectivity index (χ2n) is 7.36. The first-order chi connectivity index (χ1) is 15.2. The number of aliphatic imine (C=N–C) groups is 1. The highest BCUT2D eigenvalue weighted by molar-refractivity contribution is 14.0. The van der Waals surface area contributed by atoms with Crippen molar-refractivity contribution in [3.05, 3.63) is 48.0 Å². The summed E-state index contributed by atoms with van der Waals surface area (Å²) in [5.41, 5.74) is 2.21. The van der Waals surface area contributed by atoms with Crippen molar-refractivity contribution in [2.75, 3.05) is 45.4 Å². The molecule has 1 heterocycles. The Bertz CT molecular complexity index is 878. The van der Waals surface area contributed by atoms with Crippen molar-refractivity contribution in [2.24, 2.45) is 4.99 Å². The van der Waals surface area contributed by atoms with Gasteiger partial charge in [0.25, 0.3) is 0 Å². The molecular formula is C24H35IN4O3. The monoisotopic (exact) mass is 554 g/mol. The van der Waals surface area contributed by atoms with Crippen LogP contribution in [0.4, 0.5) is 5.69 Å². The van der Waals surface area contributed by atoms with Gasteiger partial charge in [-0.1, -0.05) is 18.2 Å². The van der Waals surface area contributed by atoms with Crippen LogP contribution in [0, 0.1) is 0 Å². The number of ether oxygens (including phenoxy) is 3. The zero-order chi connectivity index (χ0) is 22.1. The molecule has 0 bridgehead atoms. The van der Waals surface area contributed by atoms with Crippen LogP contribution in [0.25, 0.3) is 0 Å². The molecule has 1 saturated heterocycles. The number of hydrogen-bond acceptors (Lipinski definition) is 5. The van der Waals surface area contributed by atoms with Gasteiger partial charge in [0.1, 0.15) is 5.75 Å². The molecule has 3 rings (SSSR count). The molecule has 1 atom stereocenters. The third kappa shape index (κ3) is 6.82. The minimum Gasteiger partial charge on any atom is -0.495 e. The van der Waals surface area contributed by atoms with E-state index in [1.807, 2.05) is 37.3 Å². The Labute approximate surface area is 208 Å². The summed E-state index contributed by atoms with van der Waals surface area (Å²) < 4.78 is 16.6. The number of benzene rings is 2. The topological polar surface area (TPSA) is 67.4 Å². The number of hydrogen-bond donors (Lipinski definition) is 2. The minimum absolute atomic E-state index is 0. The van der Waals surface area contributed by atoms with Gasteiger partial charge in [-0.25, -0.2) is 4.99 Å². The lowest BCUT2D eigenvalue weighted by Gasteiger charge is -2.22. The van der Waals surface area contributed by atoms with E-state index in [1.54, 1.807) is 14.2 Å². The number of rotatable bonds is 9. The van der Waals surface area contributed by atoms with Gasteiger partial charge in [-0.15, -0.1) is 24.0 Å². The summed E-state index contributed by atoms with van der Waals surface area (Å²) in [6.07, 6.45) is 1.04. The number of methoxy groups -OCH3 is 2. The van der Waals surface area contributed by atoms with E-state index in [-0.39, 0.29) is 24.0 Å². The van der Waals surface area contributed by atoms with Crippen LogP contribution in [0.2, 0.25) is 0 Å². The molecule has 1 aliphatic heterocycles. The maximum atomic E-state index is 5.68. The number of nitrogens with one attached hydrogen (secondary N) is 2. The van der Waals surface area contributed by atoms with Crippen molar-refractivity contribution >= 4 is 35.6 Å². The molecule has 2 aromatic rings. The Morgan fingerprint density at radius 3 is 2.56 bits per heavy atom. The lowest BCUT2D eigenvalue weighted by molar-refractivity contribution is 0.310. The molecule has 1 fully saturated rings. The number of halogens is 1. The van der Waals surface area contributed by atoms with Crippen molar-refractivity contribution in [1.82, 2.24) is 10.6 Å². The van der Waals surface area contributed by atoms with Crippen LogP contribution in [0.15, 0.2) is 47.5 Å². The van der Waals surface area contributed by atoms with Gasteiger partial charge in [-0.2, -0.15) is 0 Å². The Morgan fingerprint density at radius 1 is 1.06 bits per heavy atom. The van der Waals surface area contributed by atoms with Gasteiger partial charge in [0.15, 0.2) is 17.5 Å². The standard InChI is InChI=1S/C24H34N4O3.HI/c1-5-25-24(26-16-18-11-12-22(30-4)23(15-18)31-6-2)27-19-13-14-28(17-19)20-9-7-8-10-21(20)29-3;/h7-12,15,19H,5-6,13-14,16-17H2,1-4H3,(H2,25,26,27);1H. The normalized spacial score (nSPS) is 15.7. The van der Waals surface area contributed by atoms with Crippen molar-refractivity contribution in [2.45, 2.75) is 32.9 Å². The summed E-state index contributed by atoms with van der Waals surface area (Å²) in [7, 11) is 3.37. The second-order valence-corrected chi connectivity index (χ2v) is 7.36. The highest BCUT2D eigenvalue weighted by atomic mass is 127. The maximum Gasteiger partial charge on any atom is 0.191 e. The van der Waals surface area contributed by atoms with Crippen LogP contribution in [-0.4, -0.2) is 52.5 Å². The summed E-state index contributed by atoms with van der Waals surface area (Å²) in [5.74, 6) is 3.22. The van der Waals surface area contributed by atoms with Crippen LogP contribution in [0.3, 0.4) is 0 Å². The Hall–Kier alpha value is -2.36. The van der Waals surface area contributed by atoms with Crippen molar-refractivity contribution < 1.29 is 14.2 Å². The quantitative estimate of drug-likeness (QED) is 0.277. The van der Waals surface area contributed by atoms with E-state index < -0.39 is 0 Å². The van der Waals surface area contributed by atoms with Gasteiger partial charge in [0.2, 0.25) is 0 Å². The Morgan fingerprint density at radius 2 is 1.84 bits per heavy atom. The molecule has 7 nitrogen and oxygen atoms in total. The number of para-hydroxylation sites is 2. The molecule has 0 radical (unpaired) electrons. The summed E-state index contributed by atoms with van der Waals surface area (Å²) in [6, 6.07) is 14.4. The molecule has 0 amide bonds. The number of anilines is 1. The van der Waals surface area contributed by atoms with Crippen molar-refractivity contribution in [3.63, 3.8) is 0 Å². The minimum atomic E-state index is 0. The predicted octanol–water partition coefficient (Wildman–Crippen LogP) is 4.05. The molecule has 32 heavy (non-hydrogen) atoms. The lowest BCUT2D eigenvalue weighted by atomic mass is 10.2. The average molecular weight is 554 g/mol. The molecular weight excluding hydrogens is 519 g/mol. The molecule has 0 saturated carbocycles. The smallest absolute Gasteiger partial charge is 0.191 e. The maximum absolute atomic E-state index is 5.68. The summed E-state index contributed by atoms with van der Waals surface area (Å²) >= 11 is 0. The van der Waals surface area contributed by atoms with Gasteiger partial charge in [0, 0.05) is 25.7 Å². The highest BCUT2D eigenvalue weighted by Crippen LogP contribution is 2.30. The zero-order valence-corrected chi connectivity index (χ0v) is 21.7. The molecule has 2 N–H and O–H groups in total. The fourth-order valence-corrected chi connectivity index (χ4v) is 3.76. The lowest BCUT2D eigenvalue weighted by Crippen LogP contribution is -2.44. The molecule has 1 unspecified atom stereocenters. The molecule has 1 aliphatic rings. The summed E-state index contributed by atoms with van der Waals surface area (Å²) in [5, 5.41) is 6.95. The van der Waals surface area contributed by atoms with Gasteiger partial charge < -0.3 is 29.7 Å². The summed E-state index contributed by atoms with van der Waals surface area (Å²) in [4.78, 5) is 7.15. The first-order valence-electron chi connectivity index (χ1n) is 10.9. The van der Waals surface area contributed by atoms with E-state index in [2.05, 4.69) is 34.6 Å². The molecule has 0 aromatic heterocycles.